The number of guanidine groups is 1. The fraction of sp³-hybridized carbons (Fsp3) is 0.682. The van der Waals surface area contributed by atoms with Crippen LogP contribution in [0.4, 0.5) is 0 Å². The Morgan fingerprint density at radius 1 is 1.32 bits per heavy atom. The van der Waals surface area contributed by atoms with Crippen molar-refractivity contribution in [2.75, 3.05) is 39.8 Å². The van der Waals surface area contributed by atoms with Crippen LogP contribution in [0.15, 0.2) is 29.3 Å². The first-order valence-electron chi connectivity index (χ1n) is 10.8. The van der Waals surface area contributed by atoms with Crippen LogP contribution in [0.3, 0.4) is 0 Å². The molecule has 2 fully saturated rings. The van der Waals surface area contributed by atoms with Gasteiger partial charge in [-0.3, -0.25) is 4.99 Å². The molecule has 6 nitrogen and oxygen atoms in total. The summed E-state index contributed by atoms with van der Waals surface area (Å²) in [7, 11) is 1.63. The van der Waals surface area contributed by atoms with Gasteiger partial charge in [0.15, 0.2) is 5.96 Å². The molecule has 1 saturated carbocycles. The number of hydrogen-bond donors (Lipinski definition) is 3. The highest BCUT2D eigenvalue weighted by molar-refractivity contribution is 5.80. The highest BCUT2D eigenvalue weighted by Gasteiger charge is 2.26. The minimum Gasteiger partial charge on any atom is -0.497 e. The molecule has 1 aliphatic heterocycles. The van der Waals surface area contributed by atoms with Crippen LogP contribution in [0.2, 0.25) is 0 Å². The number of nitrogens with zero attached hydrogens (tertiary/aromatic N) is 2. The van der Waals surface area contributed by atoms with Crippen molar-refractivity contribution < 1.29 is 9.84 Å². The van der Waals surface area contributed by atoms with Gasteiger partial charge in [-0.25, -0.2) is 0 Å². The molecule has 1 aliphatic carbocycles. The Balaban J connectivity index is 1.50. The zero-order valence-corrected chi connectivity index (χ0v) is 17.4. The van der Waals surface area contributed by atoms with E-state index in [0.29, 0.717) is 12.6 Å². The number of likely N-dealkylation sites (tertiary alicyclic amines) is 1. The molecule has 1 saturated heterocycles. The Kier molecular flexibility index (Phi) is 7.98. The summed E-state index contributed by atoms with van der Waals surface area (Å²) in [5.41, 5.74) is 0.822. The summed E-state index contributed by atoms with van der Waals surface area (Å²) >= 11 is 0. The quantitative estimate of drug-likeness (QED) is 0.472. The minimum absolute atomic E-state index is 0.320. The molecule has 156 valence electrons. The van der Waals surface area contributed by atoms with Gasteiger partial charge < -0.3 is 25.4 Å². The second kappa shape index (κ2) is 10.7. The predicted molar refractivity (Wildman–Crippen MR) is 114 cm³/mol. The van der Waals surface area contributed by atoms with E-state index in [9.17, 15) is 5.11 Å². The van der Waals surface area contributed by atoms with E-state index in [1.807, 2.05) is 24.3 Å². The summed E-state index contributed by atoms with van der Waals surface area (Å²) in [6, 6.07) is 7.96. The Bertz CT molecular complexity index is 631. The maximum absolute atomic E-state index is 10.5. The molecule has 28 heavy (non-hydrogen) atoms. The van der Waals surface area contributed by atoms with Crippen LogP contribution < -0.4 is 15.4 Å². The van der Waals surface area contributed by atoms with E-state index in [4.69, 9.17) is 4.74 Å². The first-order valence-corrected chi connectivity index (χ1v) is 10.8. The van der Waals surface area contributed by atoms with E-state index < -0.39 is 6.10 Å². The molecule has 0 bridgehead atoms. The van der Waals surface area contributed by atoms with E-state index in [2.05, 4.69) is 27.4 Å². The van der Waals surface area contributed by atoms with Gasteiger partial charge in [-0.05, 0) is 49.8 Å². The molecule has 1 aromatic rings. The van der Waals surface area contributed by atoms with Gasteiger partial charge in [0, 0.05) is 32.2 Å². The van der Waals surface area contributed by atoms with Crippen LogP contribution >= 0.6 is 0 Å². The molecule has 0 aromatic heterocycles. The van der Waals surface area contributed by atoms with E-state index in [1.54, 1.807) is 7.11 Å². The molecule has 2 atom stereocenters. The number of benzene rings is 1. The molecular formula is C22H36N4O2. The van der Waals surface area contributed by atoms with Crippen molar-refractivity contribution in [1.29, 1.82) is 0 Å². The maximum Gasteiger partial charge on any atom is 0.191 e. The second-order valence-electron chi connectivity index (χ2n) is 8.05. The number of hydrogen-bond acceptors (Lipinski definition) is 4. The van der Waals surface area contributed by atoms with Crippen molar-refractivity contribution in [1.82, 2.24) is 15.5 Å². The highest BCUT2D eigenvalue weighted by atomic mass is 16.5. The first kappa shape index (κ1) is 20.9. The SMILES string of the molecule is CCNC(=NCC(O)c1cccc(OC)c1)NC1CCN(CC2CCCC2)C1. The van der Waals surface area contributed by atoms with Crippen LogP contribution in [0.25, 0.3) is 0 Å². The van der Waals surface area contributed by atoms with E-state index in [-0.39, 0.29) is 0 Å². The summed E-state index contributed by atoms with van der Waals surface area (Å²) in [5.74, 6) is 2.44. The van der Waals surface area contributed by atoms with Crippen LogP contribution in [0.5, 0.6) is 5.75 Å². The van der Waals surface area contributed by atoms with Crippen molar-refractivity contribution in [3.8, 4) is 5.75 Å². The van der Waals surface area contributed by atoms with Gasteiger partial charge in [0.1, 0.15) is 5.75 Å². The lowest BCUT2D eigenvalue weighted by atomic mass is 10.1. The summed E-state index contributed by atoms with van der Waals surface area (Å²) < 4.78 is 5.24. The van der Waals surface area contributed by atoms with E-state index in [0.717, 1.165) is 42.7 Å². The van der Waals surface area contributed by atoms with Gasteiger partial charge in [-0.1, -0.05) is 25.0 Å². The fourth-order valence-corrected chi connectivity index (χ4v) is 4.32. The average molecular weight is 389 g/mol. The lowest BCUT2D eigenvalue weighted by Gasteiger charge is -2.21. The van der Waals surface area contributed by atoms with Crippen LogP contribution in [-0.2, 0) is 0 Å². The Labute approximate surface area is 169 Å². The lowest BCUT2D eigenvalue weighted by Crippen LogP contribution is -2.45. The molecule has 3 N–H and O–H groups in total. The standard InChI is InChI=1S/C22H36N4O2/c1-3-23-22(24-14-21(27)18-9-6-10-20(13-18)28-2)25-19-11-12-26(16-19)15-17-7-4-5-8-17/h6,9-10,13,17,19,21,27H,3-5,7-8,11-12,14-16H2,1-2H3,(H2,23,24,25). The first-order chi connectivity index (χ1) is 13.7. The number of methoxy groups -OCH3 is 1. The van der Waals surface area contributed by atoms with Gasteiger partial charge >= 0.3 is 0 Å². The third-order valence-electron chi connectivity index (χ3n) is 5.85. The van der Waals surface area contributed by atoms with Gasteiger partial charge in [-0.15, -0.1) is 0 Å². The monoisotopic (exact) mass is 388 g/mol. The zero-order valence-electron chi connectivity index (χ0n) is 17.4. The topological polar surface area (TPSA) is 69.1 Å². The smallest absolute Gasteiger partial charge is 0.191 e. The fourth-order valence-electron chi connectivity index (χ4n) is 4.32. The van der Waals surface area contributed by atoms with E-state index in [1.165, 1.54) is 38.8 Å². The minimum atomic E-state index is -0.645. The third-order valence-corrected chi connectivity index (χ3v) is 5.85. The molecule has 0 radical (unpaired) electrons. The number of aliphatic imine (C=N–C) groups is 1. The van der Waals surface area contributed by atoms with Crippen molar-refractivity contribution in [2.24, 2.45) is 10.9 Å². The summed E-state index contributed by atoms with van der Waals surface area (Å²) in [6.45, 7) is 6.69. The maximum atomic E-state index is 10.5. The number of nitrogens with one attached hydrogen (secondary N) is 2. The summed E-state index contributed by atoms with van der Waals surface area (Å²) in [5, 5.41) is 17.4. The number of aliphatic hydroxyl groups is 1. The zero-order chi connectivity index (χ0) is 19.8. The van der Waals surface area contributed by atoms with Crippen LogP contribution in [-0.4, -0.2) is 61.8 Å². The van der Waals surface area contributed by atoms with Crippen LogP contribution in [0.1, 0.15) is 50.7 Å². The van der Waals surface area contributed by atoms with Gasteiger partial charge in [0.25, 0.3) is 0 Å². The Morgan fingerprint density at radius 2 is 2.14 bits per heavy atom. The molecule has 6 heteroatoms. The van der Waals surface area contributed by atoms with E-state index >= 15 is 0 Å². The second-order valence-corrected chi connectivity index (χ2v) is 8.05. The molecule has 2 unspecified atom stereocenters. The van der Waals surface area contributed by atoms with Crippen molar-refractivity contribution in [3.05, 3.63) is 29.8 Å². The predicted octanol–water partition coefficient (Wildman–Crippen LogP) is 2.55. The third kappa shape index (κ3) is 6.11. The number of aliphatic hydroxyl groups excluding tert-OH is 1. The number of rotatable bonds is 8. The Morgan fingerprint density at radius 3 is 2.89 bits per heavy atom. The van der Waals surface area contributed by atoms with Gasteiger partial charge in [0.2, 0.25) is 0 Å². The van der Waals surface area contributed by atoms with Crippen molar-refractivity contribution in [3.63, 3.8) is 0 Å². The molecular weight excluding hydrogens is 352 g/mol. The largest absolute Gasteiger partial charge is 0.497 e. The molecule has 0 spiro atoms. The van der Waals surface area contributed by atoms with Gasteiger partial charge in [0.05, 0.1) is 19.8 Å². The molecule has 0 amide bonds. The average Bonchev–Trinajstić information content (AvgIpc) is 3.38. The molecule has 1 aromatic carbocycles. The van der Waals surface area contributed by atoms with Crippen molar-refractivity contribution >= 4 is 5.96 Å². The van der Waals surface area contributed by atoms with Gasteiger partial charge in [-0.2, -0.15) is 0 Å². The van der Waals surface area contributed by atoms with Crippen molar-refractivity contribution in [2.45, 2.75) is 51.2 Å². The summed E-state index contributed by atoms with van der Waals surface area (Å²) in [4.78, 5) is 7.22. The van der Waals surface area contributed by atoms with Crippen LogP contribution in [0, 0.1) is 5.92 Å². The number of ether oxygens (including phenoxy) is 1. The normalized spacial score (nSPS) is 22.4. The lowest BCUT2D eigenvalue weighted by molar-refractivity contribution is 0.186. The molecule has 1 heterocycles. The highest BCUT2D eigenvalue weighted by Crippen LogP contribution is 2.26. The molecule has 3 rings (SSSR count). The molecule has 2 aliphatic rings. The summed E-state index contributed by atoms with van der Waals surface area (Å²) in [6.07, 6.45) is 6.13. The Hall–Kier alpha value is -1.79.